The third-order valence-corrected chi connectivity index (χ3v) is 1.53. The third kappa shape index (κ3) is 1.16. The van der Waals surface area contributed by atoms with Gasteiger partial charge in [-0.2, -0.15) is 0 Å². The summed E-state index contributed by atoms with van der Waals surface area (Å²) in [5.74, 6) is 0. The van der Waals surface area contributed by atoms with E-state index in [1.165, 1.54) is 0 Å². The molecule has 1 saturated heterocycles. The lowest BCUT2D eigenvalue weighted by molar-refractivity contribution is 0.0184. The van der Waals surface area contributed by atoms with Gasteiger partial charge in [-0.1, -0.05) is 0 Å². The van der Waals surface area contributed by atoms with Crippen LogP contribution < -0.4 is 0 Å². The molecule has 0 bridgehead atoms. The molecule has 1 aliphatic rings. The second kappa shape index (κ2) is 2.86. The second-order valence-corrected chi connectivity index (χ2v) is 2.26. The molecule has 0 saturated carbocycles. The monoisotopic (exact) mass is 146 g/mol. The molecule has 56 valence electrons. The Morgan fingerprint density at radius 3 is 2.40 bits per heavy atom. The molecular weight excluding hydrogens is 138 g/mol. The molecule has 0 amide bonds. The van der Waals surface area contributed by atoms with Gasteiger partial charge in [-0.3, -0.25) is 0 Å². The Bertz CT molecular complexity index is 123. The van der Waals surface area contributed by atoms with E-state index in [4.69, 9.17) is 18.1 Å². The topological polar surface area (TPSA) is 49.7 Å². The standard InChI is InChI=1S/C5H8BFO3/c6-5-4(9)3(7)2(1-8)10-5/h2-5,8-9H,1H2/t2-,3?,4?,5-/m1/s1. The Hall–Kier alpha value is -0.125. The first-order chi connectivity index (χ1) is 4.66. The summed E-state index contributed by atoms with van der Waals surface area (Å²) in [6.45, 7) is -0.452. The molecule has 1 aliphatic heterocycles. The summed E-state index contributed by atoms with van der Waals surface area (Å²) >= 11 is 0. The fourth-order valence-electron chi connectivity index (χ4n) is 0.902. The van der Waals surface area contributed by atoms with Gasteiger partial charge in [0.15, 0.2) is 6.17 Å². The Balaban J connectivity index is 2.53. The zero-order valence-corrected chi connectivity index (χ0v) is 5.27. The summed E-state index contributed by atoms with van der Waals surface area (Å²) in [4.78, 5) is 0. The summed E-state index contributed by atoms with van der Waals surface area (Å²) in [5.41, 5.74) is 0. The largest absolute Gasteiger partial charge is 0.394 e. The van der Waals surface area contributed by atoms with Crippen molar-refractivity contribution in [3.63, 3.8) is 0 Å². The van der Waals surface area contributed by atoms with Gasteiger partial charge < -0.3 is 14.9 Å². The van der Waals surface area contributed by atoms with Crippen molar-refractivity contribution >= 4 is 7.85 Å². The van der Waals surface area contributed by atoms with E-state index < -0.39 is 31.0 Å². The quantitative estimate of drug-likeness (QED) is 0.446. The highest BCUT2D eigenvalue weighted by atomic mass is 19.1. The van der Waals surface area contributed by atoms with Crippen LogP contribution in [-0.2, 0) is 4.74 Å². The molecule has 10 heavy (non-hydrogen) atoms. The van der Waals surface area contributed by atoms with Crippen LogP contribution in [0.15, 0.2) is 0 Å². The van der Waals surface area contributed by atoms with Gasteiger partial charge >= 0.3 is 0 Å². The molecule has 1 rings (SSSR count). The molecule has 4 atom stereocenters. The maximum Gasteiger partial charge on any atom is 0.156 e. The van der Waals surface area contributed by atoms with Crippen LogP contribution in [-0.4, -0.2) is 49.0 Å². The Morgan fingerprint density at radius 1 is 1.60 bits per heavy atom. The van der Waals surface area contributed by atoms with Gasteiger partial charge in [0.2, 0.25) is 0 Å². The maximum absolute atomic E-state index is 12.6. The number of hydrogen-bond acceptors (Lipinski definition) is 3. The summed E-state index contributed by atoms with van der Waals surface area (Å²) in [7, 11) is 5.11. The second-order valence-electron chi connectivity index (χ2n) is 2.26. The first-order valence-electron chi connectivity index (χ1n) is 3.01. The van der Waals surface area contributed by atoms with Gasteiger partial charge in [0.25, 0.3) is 0 Å². The van der Waals surface area contributed by atoms with E-state index in [2.05, 4.69) is 4.74 Å². The van der Waals surface area contributed by atoms with E-state index in [0.29, 0.717) is 0 Å². The molecule has 1 heterocycles. The lowest BCUT2D eigenvalue weighted by Gasteiger charge is -2.07. The smallest absolute Gasteiger partial charge is 0.156 e. The van der Waals surface area contributed by atoms with Crippen molar-refractivity contribution in [2.45, 2.75) is 24.4 Å². The lowest BCUT2D eigenvalue weighted by atomic mass is 9.94. The van der Waals surface area contributed by atoms with E-state index in [1.54, 1.807) is 0 Å². The Kier molecular flexibility index (Phi) is 2.28. The predicted molar refractivity (Wildman–Crippen MR) is 32.4 cm³/mol. The minimum Gasteiger partial charge on any atom is -0.394 e. The van der Waals surface area contributed by atoms with Crippen molar-refractivity contribution in [1.82, 2.24) is 0 Å². The van der Waals surface area contributed by atoms with Crippen LogP contribution in [0, 0.1) is 0 Å². The number of hydrogen-bond donors (Lipinski definition) is 2. The number of alkyl halides is 1. The highest BCUT2D eigenvalue weighted by molar-refractivity contribution is 6.11. The molecule has 0 spiro atoms. The molecule has 0 aromatic rings. The molecule has 0 aromatic carbocycles. The molecule has 1 fully saturated rings. The van der Waals surface area contributed by atoms with Crippen LogP contribution in [0.2, 0.25) is 0 Å². The summed E-state index contributed by atoms with van der Waals surface area (Å²) < 4.78 is 17.3. The summed E-state index contributed by atoms with van der Waals surface area (Å²) in [6.07, 6.45) is -3.85. The van der Waals surface area contributed by atoms with Gasteiger partial charge in [0, 0.05) is 6.00 Å². The van der Waals surface area contributed by atoms with Gasteiger partial charge in [-0.15, -0.1) is 0 Å². The van der Waals surface area contributed by atoms with E-state index in [9.17, 15) is 4.39 Å². The van der Waals surface area contributed by atoms with E-state index in [0.717, 1.165) is 0 Å². The van der Waals surface area contributed by atoms with Crippen molar-refractivity contribution in [2.75, 3.05) is 6.61 Å². The zero-order chi connectivity index (χ0) is 7.72. The number of rotatable bonds is 1. The highest BCUT2D eigenvalue weighted by Crippen LogP contribution is 2.21. The molecule has 0 aliphatic carbocycles. The molecule has 2 radical (unpaired) electrons. The average Bonchev–Trinajstić information content (AvgIpc) is 2.17. The van der Waals surface area contributed by atoms with Gasteiger partial charge in [-0.05, 0) is 0 Å². The fraction of sp³-hybridized carbons (Fsp3) is 1.00. The van der Waals surface area contributed by atoms with Crippen LogP contribution in [0.1, 0.15) is 0 Å². The van der Waals surface area contributed by atoms with E-state index >= 15 is 0 Å². The fourth-order valence-corrected chi connectivity index (χ4v) is 0.902. The first-order valence-corrected chi connectivity index (χ1v) is 3.01. The van der Waals surface area contributed by atoms with Crippen LogP contribution in [0.5, 0.6) is 0 Å². The number of halogens is 1. The predicted octanol–water partition coefficient (Wildman–Crippen LogP) is -1.43. The molecule has 0 aromatic heterocycles. The lowest BCUT2D eigenvalue weighted by Crippen LogP contribution is -2.30. The molecular formula is C5H8BFO3. The molecule has 3 nitrogen and oxygen atoms in total. The SMILES string of the molecule is [B][C@@H]1O[C@H](CO)C(F)C1O. The van der Waals surface area contributed by atoms with Crippen molar-refractivity contribution in [2.24, 2.45) is 0 Å². The van der Waals surface area contributed by atoms with E-state index in [-0.39, 0.29) is 0 Å². The van der Waals surface area contributed by atoms with Crippen molar-refractivity contribution in [1.29, 1.82) is 0 Å². The third-order valence-electron chi connectivity index (χ3n) is 1.53. The summed E-state index contributed by atoms with van der Waals surface area (Å²) in [5, 5.41) is 17.3. The van der Waals surface area contributed by atoms with Crippen molar-refractivity contribution < 1.29 is 19.3 Å². The number of aliphatic hydroxyl groups excluding tert-OH is 2. The molecule has 2 N–H and O–H groups in total. The summed E-state index contributed by atoms with van der Waals surface area (Å²) in [6, 6.07) is -1.01. The van der Waals surface area contributed by atoms with Crippen LogP contribution in [0.4, 0.5) is 4.39 Å². The minimum atomic E-state index is -1.57. The van der Waals surface area contributed by atoms with E-state index in [1.807, 2.05) is 0 Å². The molecule has 5 heteroatoms. The minimum absolute atomic E-state index is 0.452. The zero-order valence-electron chi connectivity index (χ0n) is 5.27. The highest BCUT2D eigenvalue weighted by Gasteiger charge is 2.40. The normalized spacial score (nSPS) is 47.9. The maximum atomic E-state index is 12.6. The van der Waals surface area contributed by atoms with Crippen LogP contribution in [0.3, 0.4) is 0 Å². The van der Waals surface area contributed by atoms with Crippen LogP contribution in [0.25, 0.3) is 0 Å². The Morgan fingerprint density at radius 2 is 2.20 bits per heavy atom. The average molecular weight is 146 g/mol. The van der Waals surface area contributed by atoms with Gasteiger partial charge in [0.05, 0.1) is 6.61 Å². The van der Waals surface area contributed by atoms with Crippen molar-refractivity contribution in [3.8, 4) is 0 Å². The van der Waals surface area contributed by atoms with Crippen LogP contribution >= 0.6 is 0 Å². The first kappa shape index (κ1) is 7.98. The van der Waals surface area contributed by atoms with Crippen molar-refractivity contribution in [3.05, 3.63) is 0 Å². The van der Waals surface area contributed by atoms with Gasteiger partial charge in [-0.25, -0.2) is 4.39 Å². The van der Waals surface area contributed by atoms with Gasteiger partial charge in [0.1, 0.15) is 20.1 Å². The molecule has 2 unspecified atom stereocenters. The number of aliphatic hydroxyl groups is 2. The number of ether oxygens (including phenoxy) is 1. The Labute approximate surface area is 59.2 Å².